The summed E-state index contributed by atoms with van der Waals surface area (Å²) in [5.74, 6) is 0.429. The molecule has 1 aliphatic rings. The Kier molecular flexibility index (Phi) is 4.29. The largest absolute Gasteiger partial charge is 0.378 e. The molecule has 0 bridgehead atoms. The van der Waals surface area contributed by atoms with Gasteiger partial charge in [-0.25, -0.2) is 9.97 Å². The van der Waals surface area contributed by atoms with E-state index in [2.05, 4.69) is 15.3 Å². The highest BCUT2D eigenvalue weighted by atomic mass is 16.5. The van der Waals surface area contributed by atoms with E-state index in [1.165, 1.54) is 0 Å². The van der Waals surface area contributed by atoms with Gasteiger partial charge in [0.1, 0.15) is 0 Å². The summed E-state index contributed by atoms with van der Waals surface area (Å²) >= 11 is 0. The Morgan fingerprint density at radius 2 is 1.86 bits per heavy atom. The van der Waals surface area contributed by atoms with Crippen LogP contribution in [0, 0.1) is 6.92 Å². The normalized spacial score (nSPS) is 14.7. The first-order valence-corrected chi connectivity index (χ1v) is 7.26. The van der Waals surface area contributed by atoms with E-state index in [1.54, 1.807) is 17.3 Å². The molecular formula is C16H18N4O2. The Morgan fingerprint density at radius 1 is 1.18 bits per heavy atom. The number of hydrogen-bond acceptors (Lipinski definition) is 5. The first-order valence-electron chi connectivity index (χ1n) is 7.26. The lowest BCUT2D eigenvalue weighted by Gasteiger charge is -2.26. The van der Waals surface area contributed by atoms with Crippen LogP contribution in [0.4, 0.5) is 11.6 Å². The molecule has 1 saturated heterocycles. The Bertz CT molecular complexity index is 651. The zero-order chi connectivity index (χ0) is 15.4. The molecule has 0 spiro atoms. The number of para-hydroxylation sites is 1. The van der Waals surface area contributed by atoms with E-state index in [1.807, 2.05) is 31.2 Å². The Balaban J connectivity index is 1.70. The summed E-state index contributed by atoms with van der Waals surface area (Å²) in [6.07, 6.45) is 3.12. The van der Waals surface area contributed by atoms with Crippen LogP contribution in [0.5, 0.6) is 0 Å². The molecule has 1 aliphatic heterocycles. The number of amides is 1. The molecule has 22 heavy (non-hydrogen) atoms. The summed E-state index contributed by atoms with van der Waals surface area (Å²) in [7, 11) is 0. The van der Waals surface area contributed by atoms with Crippen LogP contribution >= 0.6 is 0 Å². The third-order valence-corrected chi connectivity index (χ3v) is 3.59. The lowest BCUT2D eigenvalue weighted by atomic mass is 10.2. The minimum atomic E-state index is -0.0502. The van der Waals surface area contributed by atoms with Gasteiger partial charge in [0, 0.05) is 31.2 Å². The average Bonchev–Trinajstić information content (AvgIpc) is 2.58. The lowest BCUT2D eigenvalue weighted by Crippen LogP contribution is -2.40. The number of aromatic nitrogens is 2. The van der Waals surface area contributed by atoms with Gasteiger partial charge in [-0.1, -0.05) is 18.2 Å². The van der Waals surface area contributed by atoms with Gasteiger partial charge in [0.15, 0.2) is 0 Å². The average molecular weight is 298 g/mol. The van der Waals surface area contributed by atoms with Crippen LogP contribution in [0.25, 0.3) is 0 Å². The van der Waals surface area contributed by atoms with Gasteiger partial charge >= 0.3 is 0 Å². The van der Waals surface area contributed by atoms with Crippen molar-refractivity contribution >= 4 is 17.5 Å². The number of nitrogens with one attached hydrogen (secondary N) is 1. The maximum absolute atomic E-state index is 12.3. The third-order valence-electron chi connectivity index (χ3n) is 3.59. The van der Waals surface area contributed by atoms with E-state index in [4.69, 9.17) is 4.74 Å². The molecule has 0 aliphatic carbocycles. The van der Waals surface area contributed by atoms with Crippen molar-refractivity contribution in [2.45, 2.75) is 6.92 Å². The van der Waals surface area contributed by atoms with Crippen molar-refractivity contribution in [1.29, 1.82) is 0 Å². The van der Waals surface area contributed by atoms with Crippen molar-refractivity contribution in [2.75, 3.05) is 31.6 Å². The molecule has 114 valence electrons. The molecule has 1 amide bonds. The SMILES string of the molecule is Cc1ccccc1Nc1ncc(C(=O)N2CCOCC2)cn1. The van der Waals surface area contributed by atoms with Gasteiger partial charge in [0.05, 0.1) is 18.8 Å². The lowest BCUT2D eigenvalue weighted by molar-refractivity contribution is 0.0302. The van der Waals surface area contributed by atoms with Crippen LogP contribution in [0.2, 0.25) is 0 Å². The first-order chi connectivity index (χ1) is 10.7. The van der Waals surface area contributed by atoms with E-state index >= 15 is 0 Å². The van der Waals surface area contributed by atoms with Crippen molar-refractivity contribution < 1.29 is 9.53 Å². The van der Waals surface area contributed by atoms with Gasteiger partial charge in [-0.3, -0.25) is 4.79 Å². The molecule has 0 radical (unpaired) electrons. The van der Waals surface area contributed by atoms with Crippen LogP contribution in [0.1, 0.15) is 15.9 Å². The maximum Gasteiger partial charge on any atom is 0.257 e. The Hall–Kier alpha value is -2.47. The first kappa shape index (κ1) is 14.5. The predicted octanol–water partition coefficient (Wildman–Crippen LogP) is 2.00. The number of anilines is 2. The summed E-state index contributed by atoms with van der Waals surface area (Å²) in [5, 5.41) is 3.15. The Labute approximate surface area is 129 Å². The van der Waals surface area contributed by atoms with Crippen molar-refractivity contribution in [3.8, 4) is 0 Å². The fourth-order valence-corrected chi connectivity index (χ4v) is 2.29. The fraction of sp³-hybridized carbons (Fsp3) is 0.312. The van der Waals surface area contributed by atoms with E-state index < -0.39 is 0 Å². The summed E-state index contributed by atoms with van der Waals surface area (Å²) in [6, 6.07) is 7.90. The number of aryl methyl sites for hydroxylation is 1. The van der Waals surface area contributed by atoms with Crippen LogP contribution in [-0.4, -0.2) is 47.1 Å². The summed E-state index contributed by atoms with van der Waals surface area (Å²) in [4.78, 5) is 22.5. The number of carbonyl (C=O) groups is 1. The number of morpholine rings is 1. The molecule has 1 N–H and O–H groups in total. The Morgan fingerprint density at radius 3 is 2.55 bits per heavy atom. The van der Waals surface area contributed by atoms with Crippen LogP contribution in [-0.2, 0) is 4.74 Å². The van der Waals surface area contributed by atoms with Crippen molar-refractivity contribution in [1.82, 2.24) is 14.9 Å². The second-order valence-electron chi connectivity index (χ2n) is 5.14. The summed E-state index contributed by atoms with van der Waals surface area (Å²) in [5.41, 5.74) is 2.56. The van der Waals surface area contributed by atoms with Crippen LogP contribution in [0.3, 0.4) is 0 Å². The molecule has 6 nitrogen and oxygen atoms in total. The molecule has 1 aromatic carbocycles. The molecular weight excluding hydrogens is 280 g/mol. The van der Waals surface area contributed by atoms with Gasteiger partial charge in [-0.15, -0.1) is 0 Å². The van der Waals surface area contributed by atoms with Gasteiger partial charge in [0.2, 0.25) is 5.95 Å². The number of hydrogen-bond donors (Lipinski definition) is 1. The topological polar surface area (TPSA) is 67.4 Å². The third kappa shape index (κ3) is 3.23. The van der Waals surface area contributed by atoms with Crippen LogP contribution < -0.4 is 5.32 Å². The smallest absolute Gasteiger partial charge is 0.257 e. The number of rotatable bonds is 3. The minimum absolute atomic E-state index is 0.0502. The molecule has 0 atom stereocenters. The van der Waals surface area contributed by atoms with Crippen LogP contribution in [0.15, 0.2) is 36.7 Å². The number of carbonyl (C=O) groups excluding carboxylic acids is 1. The molecule has 2 heterocycles. The minimum Gasteiger partial charge on any atom is -0.378 e. The quantitative estimate of drug-likeness (QED) is 0.938. The molecule has 1 fully saturated rings. The molecule has 3 rings (SSSR count). The highest BCUT2D eigenvalue weighted by Crippen LogP contribution is 2.17. The zero-order valence-corrected chi connectivity index (χ0v) is 12.5. The van der Waals surface area contributed by atoms with Gasteiger partial charge in [-0.2, -0.15) is 0 Å². The fourth-order valence-electron chi connectivity index (χ4n) is 2.29. The van der Waals surface area contributed by atoms with Gasteiger partial charge < -0.3 is 15.0 Å². The van der Waals surface area contributed by atoms with Crippen molar-refractivity contribution in [3.63, 3.8) is 0 Å². The highest BCUT2D eigenvalue weighted by molar-refractivity contribution is 5.93. The number of benzene rings is 1. The van der Waals surface area contributed by atoms with E-state index in [0.29, 0.717) is 37.8 Å². The zero-order valence-electron chi connectivity index (χ0n) is 12.5. The molecule has 1 aromatic heterocycles. The second-order valence-corrected chi connectivity index (χ2v) is 5.14. The van der Waals surface area contributed by atoms with Gasteiger partial charge in [0.25, 0.3) is 5.91 Å². The highest BCUT2D eigenvalue weighted by Gasteiger charge is 2.19. The number of ether oxygens (including phenoxy) is 1. The van der Waals surface area contributed by atoms with E-state index in [0.717, 1.165) is 11.3 Å². The molecule has 0 saturated carbocycles. The molecule has 0 unspecified atom stereocenters. The number of nitrogens with zero attached hydrogens (tertiary/aromatic N) is 3. The summed E-state index contributed by atoms with van der Waals surface area (Å²) < 4.78 is 5.25. The van der Waals surface area contributed by atoms with Crippen molar-refractivity contribution in [3.05, 3.63) is 47.8 Å². The van der Waals surface area contributed by atoms with E-state index in [9.17, 15) is 4.79 Å². The predicted molar refractivity (Wildman–Crippen MR) is 83.2 cm³/mol. The molecule has 2 aromatic rings. The molecule has 6 heteroatoms. The maximum atomic E-state index is 12.3. The summed E-state index contributed by atoms with van der Waals surface area (Å²) in [6.45, 7) is 4.40. The van der Waals surface area contributed by atoms with E-state index in [-0.39, 0.29) is 5.91 Å². The standard InChI is InChI=1S/C16H18N4O2/c1-12-4-2-3-5-14(12)19-16-17-10-13(11-18-16)15(21)20-6-8-22-9-7-20/h2-5,10-11H,6-9H2,1H3,(H,17,18,19). The second kappa shape index (κ2) is 6.53. The monoisotopic (exact) mass is 298 g/mol. The van der Waals surface area contributed by atoms with Crippen molar-refractivity contribution in [2.24, 2.45) is 0 Å². The van der Waals surface area contributed by atoms with Gasteiger partial charge in [-0.05, 0) is 18.6 Å².